The van der Waals surface area contributed by atoms with E-state index >= 15 is 0 Å². The third-order valence-corrected chi connectivity index (χ3v) is 7.22. The first-order valence-electron chi connectivity index (χ1n) is 9.24. The summed E-state index contributed by atoms with van der Waals surface area (Å²) in [6.45, 7) is 6.10. The first kappa shape index (κ1) is 18.2. The quantitative estimate of drug-likeness (QED) is 0.467. The van der Waals surface area contributed by atoms with Crippen molar-refractivity contribution in [2.24, 2.45) is 16.8 Å². The molecule has 1 aromatic rings. The predicted molar refractivity (Wildman–Crippen MR) is 108 cm³/mol. The largest absolute Gasteiger partial charge is 0.309 e. The van der Waals surface area contributed by atoms with Crippen LogP contribution >= 0.6 is 11.8 Å². The van der Waals surface area contributed by atoms with E-state index in [2.05, 4.69) is 46.6 Å². The third kappa shape index (κ3) is 4.32. The minimum Gasteiger partial charge on any atom is -0.309 e. The van der Waals surface area contributed by atoms with Gasteiger partial charge in [-0.2, -0.15) is 0 Å². The fourth-order valence-corrected chi connectivity index (χ4v) is 5.97. The van der Waals surface area contributed by atoms with Crippen LogP contribution in [0.25, 0.3) is 0 Å². The summed E-state index contributed by atoms with van der Waals surface area (Å²) in [6, 6.07) is 2.08. The van der Waals surface area contributed by atoms with Gasteiger partial charge in [0.25, 0.3) is 0 Å². The van der Waals surface area contributed by atoms with Gasteiger partial charge in [-0.25, -0.2) is 9.97 Å². The lowest BCUT2D eigenvalue weighted by Gasteiger charge is -2.20. The van der Waals surface area contributed by atoms with E-state index in [0.29, 0.717) is 17.1 Å². The molecule has 0 amide bonds. The molecule has 2 heterocycles. The van der Waals surface area contributed by atoms with Crippen LogP contribution in [0.4, 0.5) is 5.95 Å². The SMILES string of the molecule is C=C/C=C\C(=NC)Nc1nccc(C2SC3CCCCCC3C2C)n1. The first-order valence-corrected chi connectivity index (χ1v) is 10.2. The first-order chi connectivity index (χ1) is 12.2. The van der Waals surface area contributed by atoms with E-state index in [0.717, 1.165) is 22.7 Å². The molecule has 1 aliphatic carbocycles. The molecule has 1 aromatic heterocycles. The minimum atomic E-state index is 0.474. The zero-order valence-electron chi connectivity index (χ0n) is 15.2. The maximum atomic E-state index is 4.80. The Labute approximate surface area is 155 Å². The molecule has 4 atom stereocenters. The van der Waals surface area contributed by atoms with Gasteiger partial charge in [-0.3, -0.25) is 4.99 Å². The number of aromatic nitrogens is 2. The average molecular weight is 357 g/mol. The Hall–Kier alpha value is -1.62. The molecule has 4 nitrogen and oxygen atoms in total. The van der Waals surface area contributed by atoms with E-state index in [1.165, 1.54) is 32.1 Å². The maximum absolute atomic E-state index is 4.80. The highest BCUT2D eigenvalue weighted by atomic mass is 32.2. The number of nitrogens with one attached hydrogen (secondary N) is 1. The predicted octanol–water partition coefficient (Wildman–Crippen LogP) is 5.03. The Kier molecular flexibility index (Phi) is 6.29. The Balaban J connectivity index is 1.75. The summed E-state index contributed by atoms with van der Waals surface area (Å²) >= 11 is 2.14. The van der Waals surface area contributed by atoms with Crippen molar-refractivity contribution in [3.63, 3.8) is 0 Å². The van der Waals surface area contributed by atoms with E-state index in [4.69, 9.17) is 4.98 Å². The van der Waals surface area contributed by atoms with Gasteiger partial charge < -0.3 is 5.32 Å². The average Bonchev–Trinajstić information content (AvgIpc) is 2.81. The lowest BCUT2D eigenvalue weighted by atomic mass is 9.84. The van der Waals surface area contributed by atoms with Gasteiger partial charge in [0.15, 0.2) is 0 Å². The number of hydrogen-bond acceptors (Lipinski definition) is 4. The number of amidine groups is 1. The number of aliphatic imine (C=N–C) groups is 1. The summed E-state index contributed by atoms with van der Waals surface area (Å²) in [6.07, 6.45) is 14.2. The number of allylic oxidation sites excluding steroid dienone is 2. The molecule has 2 aliphatic rings. The van der Waals surface area contributed by atoms with Crippen LogP contribution in [0.5, 0.6) is 0 Å². The van der Waals surface area contributed by atoms with E-state index in [1.54, 1.807) is 13.1 Å². The van der Waals surface area contributed by atoms with Crippen LogP contribution in [0.15, 0.2) is 42.1 Å². The number of hydrogen-bond donors (Lipinski definition) is 1. The molecule has 1 aliphatic heterocycles. The molecule has 0 spiro atoms. The van der Waals surface area contributed by atoms with Crippen LogP contribution in [-0.4, -0.2) is 28.1 Å². The van der Waals surface area contributed by atoms with Crippen molar-refractivity contribution in [3.8, 4) is 0 Å². The fraction of sp³-hybridized carbons (Fsp3) is 0.550. The number of anilines is 1. The van der Waals surface area contributed by atoms with Crippen molar-refractivity contribution in [3.05, 3.63) is 42.8 Å². The fourth-order valence-electron chi connectivity index (χ4n) is 3.99. The molecular weight excluding hydrogens is 328 g/mol. The Bertz CT molecular complexity index is 655. The molecule has 1 saturated heterocycles. The second-order valence-corrected chi connectivity index (χ2v) is 8.28. The van der Waals surface area contributed by atoms with Crippen molar-refractivity contribution in [1.29, 1.82) is 0 Å². The van der Waals surface area contributed by atoms with Crippen LogP contribution in [0.3, 0.4) is 0 Å². The highest BCUT2D eigenvalue weighted by Crippen LogP contribution is 2.55. The van der Waals surface area contributed by atoms with Crippen molar-refractivity contribution in [1.82, 2.24) is 9.97 Å². The smallest absolute Gasteiger partial charge is 0.228 e. The zero-order valence-corrected chi connectivity index (χ0v) is 16.0. The Morgan fingerprint density at radius 3 is 3.00 bits per heavy atom. The standard InChI is InChI=1S/C20H28N4S/c1-4-5-11-18(21-3)24-20-22-13-12-16(23-20)19-14(2)15-9-7-6-8-10-17(15)25-19/h4-5,11-15,17,19H,1,6-10H2,2-3H3,(H,21,22,23,24)/b11-5-. The van der Waals surface area contributed by atoms with Crippen LogP contribution in [0.1, 0.15) is 50.0 Å². The Morgan fingerprint density at radius 1 is 1.36 bits per heavy atom. The molecule has 3 rings (SSSR count). The summed E-state index contributed by atoms with van der Waals surface area (Å²) in [5, 5.41) is 4.48. The highest BCUT2D eigenvalue weighted by Gasteiger charge is 2.42. The Morgan fingerprint density at radius 2 is 2.20 bits per heavy atom. The highest BCUT2D eigenvalue weighted by molar-refractivity contribution is 8.00. The van der Waals surface area contributed by atoms with Gasteiger partial charge in [-0.05, 0) is 36.8 Å². The van der Waals surface area contributed by atoms with Crippen LogP contribution in [0.2, 0.25) is 0 Å². The van der Waals surface area contributed by atoms with Crippen molar-refractivity contribution >= 4 is 23.5 Å². The molecule has 1 saturated carbocycles. The van der Waals surface area contributed by atoms with Gasteiger partial charge in [0.2, 0.25) is 5.95 Å². The number of nitrogens with zero attached hydrogens (tertiary/aromatic N) is 3. The van der Waals surface area contributed by atoms with Crippen LogP contribution in [0, 0.1) is 11.8 Å². The van der Waals surface area contributed by atoms with E-state index in [-0.39, 0.29) is 0 Å². The summed E-state index contributed by atoms with van der Waals surface area (Å²) < 4.78 is 0. The molecule has 2 fully saturated rings. The van der Waals surface area contributed by atoms with Crippen molar-refractivity contribution < 1.29 is 0 Å². The normalized spacial score (nSPS) is 30.1. The van der Waals surface area contributed by atoms with Gasteiger partial charge >= 0.3 is 0 Å². The topological polar surface area (TPSA) is 50.2 Å². The molecule has 4 unspecified atom stereocenters. The molecule has 0 bridgehead atoms. The molecular formula is C20H28N4S. The van der Waals surface area contributed by atoms with E-state index in [1.807, 2.05) is 18.3 Å². The molecule has 134 valence electrons. The summed E-state index contributed by atoms with van der Waals surface area (Å²) in [7, 11) is 1.75. The van der Waals surface area contributed by atoms with Gasteiger partial charge in [0.05, 0.1) is 10.9 Å². The number of fused-ring (bicyclic) bond motifs is 1. The van der Waals surface area contributed by atoms with Crippen molar-refractivity contribution in [2.75, 3.05) is 12.4 Å². The maximum Gasteiger partial charge on any atom is 0.228 e. The van der Waals surface area contributed by atoms with Crippen molar-refractivity contribution in [2.45, 2.75) is 49.5 Å². The molecule has 5 heteroatoms. The number of thioether (sulfide) groups is 1. The molecule has 25 heavy (non-hydrogen) atoms. The lowest BCUT2D eigenvalue weighted by Crippen LogP contribution is -2.17. The van der Waals surface area contributed by atoms with E-state index in [9.17, 15) is 0 Å². The van der Waals surface area contributed by atoms with Gasteiger partial charge in [-0.15, -0.1) is 11.8 Å². The van der Waals surface area contributed by atoms with Gasteiger partial charge in [0.1, 0.15) is 5.84 Å². The monoisotopic (exact) mass is 356 g/mol. The van der Waals surface area contributed by atoms with Crippen LogP contribution < -0.4 is 5.32 Å². The summed E-state index contributed by atoms with van der Waals surface area (Å²) in [5.74, 6) is 2.86. The lowest BCUT2D eigenvalue weighted by molar-refractivity contribution is 0.346. The second kappa shape index (κ2) is 8.65. The zero-order chi connectivity index (χ0) is 17.6. The molecule has 0 radical (unpaired) electrons. The van der Waals surface area contributed by atoms with Gasteiger partial charge in [-0.1, -0.05) is 44.9 Å². The van der Waals surface area contributed by atoms with Crippen LogP contribution in [-0.2, 0) is 0 Å². The summed E-state index contributed by atoms with van der Waals surface area (Å²) in [5.41, 5.74) is 1.14. The van der Waals surface area contributed by atoms with E-state index < -0.39 is 0 Å². The third-order valence-electron chi connectivity index (χ3n) is 5.32. The second-order valence-electron chi connectivity index (χ2n) is 6.89. The molecule has 0 aromatic carbocycles. The molecule has 1 N–H and O–H groups in total. The number of rotatable bonds is 4. The minimum absolute atomic E-state index is 0.474. The van der Waals surface area contributed by atoms with Gasteiger partial charge in [0, 0.05) is 18.5 Å². The summed E-state index contributed by atoms with van der Waals surface area (Å²) in [4.78, 5) is 13.4.